The topological polar surface area (TPSA) is 67.4 Å². The van der Waals surface area contributed by atoms with Crippen LogP contribution in [-0.2, 0) is 11.3 Å². The van der Waals surface area contributed by atoms with Crippen LogP contribution < -0.4 is 15.4 Å². The molecule has 0 radical (unpaired) electrons. The van der Waals surface area contributed by atoms with E-state index in [0.29, 0.717) is 17.9 Å². The minimum atomic E-state index is -0.332. The zero-order valence-corrected chi connectivity index (χ0v) is 14.2. The van der Waals surface area contributed by atoms with Crippen molar-refractivity contribution in [3.05, 3.63) is 65.2 Å². The van der Waals surface area contributed by atoms with Crippen LogP contribution >= 0.6 is 0 Å². The summed E-state index contributed by atoms with van der Waals surface area (Å²) in [5.74, 6) is 0.654. The zero-order valence-electron chi connectivity index (χ0n) is 14.2. The lowest BCUT2D eigenvalue weighted by molar-refractivity contribution is -0.120. The number of ether oxygens (including phenoxy) is 1. The van der Waals surface area contributed by atoms with Gasteiger partial charge in [-0.2, -0.15) is 0 Å². The van der Waals surface area contributed by atoms with Gasteiger partial charge in [0.1, 0.15) is 5.75 Å². The number of hydrogen-bond donors (Lipinski definition) is 2. The highest BCUT2D eigenvalue weighted by molar-refractivity contribution is 5.98. The molecule has 0 aromatic heterocycles. The second-order valence-corrected chi connectivity index (χ2v) is 6.18. The molecule has 2 aromatic rings. The normalized spacial score (nSPS) is 13.2. The molecule has 1 saturated carbocycles. The molecule has 1 fully saturated rings. The average molecular weight is 338 g/mol. The molecule has 1 aliphatic carbocycles. The third-order valence-corrected chi connectivity index (χ3v) is 4.28. The molecule has 0 bridgehead atoms. The van der Waals surface area contributed by atoms with E-state index in [9.17, 15) is 9.59 Å². The van der Waals surface area contributed by atoms with Crippen LogP contribution in [0.3, 0.4) is 0 Å². The van der Waals surface area contributed by atoms with Gasteiger partial charge in [-0.05, 0) is 42.0 Å². The van der Waals surface area contributed by atoms with Crippen LogP contribution in [0.2, 0.25) is 0 Å². The zero-order chi connectivity index (χ0) is 17.6. The Morgan fingerprint density at radius 3 is 2.44 bits per heavy atom. The van der Waals surface area contributed by atoms with E-state index in [4.69, 9.17) is 4.74 Å². The molecule has 5 heteroatoms. The van der Waals surface area contributed by atoms with Gasteiger partial charge in [-0.25, -0.2) is 0 Å². The van der Waals surface area contributed by atoms with E-state index in [0.717, 1.165) is 11.5 Å². The number of nitrogens with one attached hydrogen (secondary N) is 2. The maximum Gasteiger partial charge on any atom is 0.255 e. The van der Waals surface area contributed by atoms with E-state index in [1.54, 1.807) is 24.3 Å². The van der Waals surface area contributed by atoms with Gasteiger partial charge in [0.05, 0.1) is 19.2 Å². The van der Waals surface area contributed by atoms with Gasteiger partial charge in [-0.3, -0.25) is 9.59 Å². The van der Waals surface area contributed by atoms with Gasteiger partial charge in [-0.15, -0.1) is 0 Å². The number of carbonyl (C=O) groups is 2. The Kier molecular flexibility index (Phi) is 5.33. The van der Waals surface area contributed by atoms with Crippen LogP contribution in [0, 0.1) is 0 Å². The number of rotatable bonds is 7. The van der Waals surface area contributed by atoms with Crippen molar-refractivity contribution in [3.8, 4) is 5.75 Å². The minimum absolute atomic E-state index is 0.0724. The monoisotopic (exact) mass is 338 g/mol. The molecule has 0 atom stereocenters. The van der Waals surface area contributed by atoms with Crippen LogP contribution in [0.4, 0.5) is 0 Å². The van der Waals surface area contributed by atoms with E-state index in [2.05, 4.69) is 22.8 Å². The SMILES string of the molecule is COc1ccccc1C(=O)NCC(=O)NCc1ccc(C2CC2)cc1. The van der Waals surface area contributed by atoms with Crippen molar-refractivity contribution in [1.29, 1.82) is 0 Å². The fourth-order valence-electron chi connectivity index (χ4n) is 2.68. The van der Waals surface area contributed by atoms with Crippen molar-refractivity contribution in [2.45, 2.75) is 25.3 Å². The number of hydrogen-bond acceptors (Lipinski definition) is 3. The summed E-state index contributed by atoms with van der Waals surface area (Å²) < 4.78 is 5.15. The van der Waals surface area contributed by atoms with Gasteiger partial charge >= 0.3 is 0 Å². The second-order valence-electron chi connectivity index (χ2n) is 6.18. The predicted molar refractivity (Wildman–Crippen MR) is 95.6 cm³/mol. The standard InChI is InChI=1S/C20H22N2O3/c1-25-18-5-3-2-4-17(18)20(24)22-13-19(23)21-12-14-6-8-15(9-7-14)16-10-11-16/h2-9,16H,10-13H2,1H3,(H,21,23)(H,22,24). The Morgan fingerprint density at radius 1 is 1.04 bits per heavy atom. The lowest BCUT2D eigenvalue weighted by Crippen LogP contribution is -2.36. The first-order valence-corrected chi connectivity index (χ1v) is 8.44. The predicted octanol–water partition coefficient (Wildman–Crippen LogP) is 2.62. The number of methoxy groups -OCH3 is 1. The molecule has 0 saturated heterocycles. The van der Waals surface area contributed by atoms with Gasteiger partial charge in [0.15, 0.2) is 0 Å². The average Bonchev–Trinajstić information content (AvgIpc) is 3.50. The first-order chi connectivity index (χ1) is 12.2. The summed E-state index contributed by atoms with van der Waals surface area (Å²) in [6.45, 7) is 0.380. The number of carbonyl (C=O) groups excluding carboxylic acids is 2. The summed E-state index contributed by atoms with van der Waals surface area (Å²) in [5, 5.41) is 5.42. The van der Waals surface area contributed by atoms with Crippen LogP contribution in [-0.4, -0.2) is 25.5 Å². The third-order valence-electron chi connectivity index (χ3n) is 4.28. The molecule has 2 N–H and O–H groups in total. The lowest BCUT2D eigenvalue weighted by Gasteiger charge is -2.10. The second kappa shape index (κ2) is 7.83. The molecule has 0 heterocycles. The van der Waals surface area contributed by atoms with Crippen LogP contribution in [0.1, 0.15) is 40.2 Å². The van der Waals surface area contributed by atoms with E-state index in [1.807, 2.05) is 12.1 Å². The summed E-state index contributed by atoms with van der Waals surface area (Å²) in [6, 6.07) is 15.3. The van der Waals surface area contributed by atoms with Gasteiger partial charge in [0, 0.05) is 6.54 Å². The first kappa shape index (κ1) is 17.0. The highest BCUT2D eigenvalue weighted by Crippen LogP contribution is 2.39. The Labute approximate surface area is 147 Å². The van der Waals surface area contributed by atoms with Gasteiger partial charge in [-0.1, -0.05) is 36.4 Å². The van der Waals surface area contributed by atoms with Crippen LogP contribution in [0.5, 0.6) is 5.75 Å². The Hall–Kier alpha value is -2.82. The smallest absolute Gasteiger partial charge is 0.255 e. The highest BCUT2D eigenvalue weighted by Gasteiger charge is 2.22. The Morgan fingerprint density at radius 2 is 1.76 bits per heavy atom. The van der Waals surface area contributed by atoms with E-state index in [-0.39, 0.29) is 18.4 Å². The summed E-state index contributed by atoms with van der Waals surface area (Å²) >= 11 is 0. The van der Waals surface area contributed by atoms with Gasteiger partial charge < -0.3 is 15.4 Å². The maximum absolute atomic E-state index is 12.1. The highest BCUT2D eigenvalue weighted by atomic mass is 16.5. The molecule has 130 valence electrons. The fourth-order valence-corrected chi connectivity index (χ4v) is 2.68. The molecule has 2 aromatic carbocycles. The largest absolute Gasteiger partial charge is 0.496 e. The molecule has 1 aliphatic rings. The lowest BCUT2D eigenvalue weighted by atomic mass is 10.1. The molecular weight excluding hydrogens is 316 g/mol. The van der Waals surface area contributed by atoms with Crippen molar-refractivity contribution in [2.24, 2.45) is 0 Å². The number of amides is 2. The fraction of sp³-hybridized carbons (Fsp3) is 0.300. The summed E-state index contributed by atoms with van der Waals surface area (Å²) in [6.07, 6.45) is 2.56. The van der Waals surface area contributed by atoms with Crippen molar-refractivity contribution in [3.63, 3.8) is 0 Å². The third kappa shape index (κ3) is 4.59. The molecule has 25 heavy (non-hydrogen) atoms. The van der Waals surface area contributed by atoms with Crippen molar-refractivity contribution in [2.75, 3.05) is 13.7 Å². The molecular formula is C20H22N2O3. The number of benzene rings is 2. The molecule has 0 unspecified atom stereocenters. The maximum atomic E-state index is 12.1. The summed E-state index contributed by atoms with van der Waals surface area (Å²) in [5.41, 5.74) is 2.83. The Balaban J connectivity index is 1.45. The van der Waals surface area contributed by atoms with E-state index in [1.165, 1.54) is 25.5 Å². The van der Waals surface area contributed by atoms with Gasteiger partial charge in [0.2, 0.25) is 5.91 Å². The van der Waals surface area contributed by atoms with Crippen molar-refractivity contribution < 1.29 is 14.3 Å². The van der Waals surface area contributed by atoms with E-state index < -0.39 is 0 Å². The molecule has 5 nitrogen and oxygen atoms in total. The van der Waals surface area contributed by atoms with Crippen LogP contribution in [0.25, 0.3) is 0 Å². The minimum Gasteiger partial charge on any atom is -0.496 e. The molecule has 0 aliphatic heterocycles. The Bertz CT molecular complexity index is 752. The molecule has 0 spiro atoms. The van der Waals surface area contributed by atoms with Gasteiger partial charge in [0.25, 0.3) is 5.91 Å². The summed E-state index contributed by atoms with van der Waals surface area (Å²) in [7, 11) is 1.51. The molecule has 2 amide bonds. The molecule has 3 rings (SSSR count). The van der Waals surface area contributed by atoms with Crippen LogP contribution in [0.15, 0.2) is 48.5 Å². The first-order valence-electron chi connectivity index (χ1n) is 8.44. The summed E-state index contributed by atoms with van der Waals surface area (Å²) in [4.78, 5) is 24.1. The van der Waals surface area contributed by atoms with Crippen molar-refractivity contribution in [1.82, 2.24) is 10.6 Å². The quantitative estimate of drug-likeness (QED) is 0.815. The van der Waals surface area contributed by atoms with E-state index >= 15 is 0 Å². The number of para-hydroxylation sites is 1. The van der Waals surface area contributed by atoms with Crippen molar-refractivity contribution >= 4 is 11.8 Å².